The zero-order valence-corrected chi connectivity index (χ0v) is 7.60. The van der Waals surface area contributed by atoms with Gasteiger partial charge in [-0.15, -0.1) is 0 Å². The van der Waals surface area contributed by atoms with Crippen molar-refractivity contribution in [2.75, 3.05) is 5.75 Å². The molecule has 0 atom stereocenters. The van der Waals surface area contributed by atoms with Crippen molar-refractivity contribution in [3.63, 3.8) is 0 Å². The molecule has 0 amide bonds. The SMILES string of the molecule is O=C(O)CSc1ncccc1Cl. The molecule has 1 N–H and O–H groups in total. The Balaban J connectivity index is 2.63. The molecule has 0 aliphatic rings. The van der Waals surface area contributed by atoms with Crippen molar-refractivity contribution in [2.24, 2.45) is 0 Å². The number of halogens is 1. The van der Waals surface area contributed by atoms with Crippen LogP contribution in [0.3, 0.4) is 0 Å². The van der Waals surface area contributed by atoms with Gasteiger partial charge in [0.1, 0.15) is 5.03 Å². The zero-order valence-electron chi connectivity index (χ0n) is 6.03. The Labute approximate surface area is 78.8 Å². The lowest BCUT2D eigenvalue weighted by molar-refractivity contribution is -0.133. The van der Waals surface area contributed by atoms with Gasteiger partial charge in [0.05, 0.1) is 10.8 Å². The molecule has 12 heavy (non-hydrogen) atoms. The number of pyridine rings is 1. The molecule has 1 heterocycles. The van der Waals surface area contributed by atoms with Crippen molar-refractivity contribution in [1.82, 2.24) is 4.98 Å². The number of aliphatic carboxylic acids is 1. The van der Waals surface area contributed by atoms with Crippen LogP contribution in [-0.2, 0) is 4.79 Å². The van der Waals surface area contributed by atoms with Crippen molar-refractivity contribution in [2.45, 2.75) is 5.03 Å². The topological polar surface area (TPSA) is 50.2 Å². The van der Waals surface area contributed by atoms with Gasteiger partial charge in [0.15, 0.2) is 0 Å². The fourth-order valence-corrected chi connectivity index (χ4v) is 1.49. The molecule has 0 saturated heterocycles. The van der Waals surface area contributed by atoms with E-state index in [0.717, 1.165) is 11.8 Å². The summed E-state index contributed by atoms with van der Waals surface area (Å²) < 4.78 is 0. The lowest BCUT2D eigenvalue weighted by atomic mass is 10.5. The third kappa shape index (κ3) is 2.71. The molecule has 0 aliphatic carbocycles. The quantitative estimate of drug-likeness (QED) is 0.763. The Morgan fingerprint density at radius 3 is 3.08 bits per heavy atom. The van der Waals surface area contributed by atoms with Crippen LogP contribution in [0.5, 0.6) is 0 Å². The van der Waals surface area contributed by atoms with Crippen LogP contribution >= 0.6 is 23.4 Å². The Morgan fingerprint density at radius 1 is 1.75 bits per heavy atom. The number of aromatic nitrogens is 1. The van der Waals surface area contributed by atoms with Crippen LogP contribution in [0, 0.1) is 0 Å². The number of rotatable bonds is 3. The predicted octanol–water partition coefficient (Wildman–Crippen LogP) is 1.91. The van der Waals surface area contributed by atoms with Crippen molar-refractivity contribution in [3.05, 3.63) is 23.4 Å². The Morgan fingerprint density at radius 2 is 2.50 bits per heavy atom. The minimum absolute atomic E-state index is 0.0171. The minimum Gasteiger partial charge on any atom is -0.481 e. The molecule has 0 aromatic carbocycles. The molecule has 0 spiro atoms. The second-order valence-corrected chi connectivity index (χ2v) is 3.34. The van der Waals surface area contributed by atoms with Crippen LogP contribution in [0.15, 0.2) is 23.4 Å². The molecule has 0 radical (unpaired) electrons. The van der Waals surface area contributed by atoms with Gasteiger partial charge in [-0.2, -0.15) is 0 Å². The maximum absolute atomic E-state index is 10.2. The molecule has 0 saturated carbocycles. The van der Waals surface area contributed by atoms with Crippen LogP contribution in [0.2, 0.25) is 5.02 Å². The average Bonchev–Trinajstić information content (AvgIpc) is 2.03. The first-order valence-corrected chi connectivity index (χ1v) is 4.51. The monoisotopic (exact) mass is 203 g/mol. The normalized spacial score (nSPS) is 9.75. The predicted molar refractivity (Wildman–Crippen MR) is 47.6 cm³/mol. The average molecular weight is 204 g/mol. The fourth-order valence-electron chi connectivity index (χ4n) is 0.608. The van der Waals surface area contributed by atoms with Crippen molar-refractivity contribution in [1.29, 1.82) is 0 Å². The molecule has 1 aromatic heterocycles. The molecule has 1 aromatic rings. The molecule has 1 rings (SSSR count). The molecule has 0 fully saturated rings. The van der Waals surface area contributed by atoms with Gasteiger partial charge in [0, 0.05) is 6.20 Å². The molecule has 0 bridgehead atoms. The van der Waals surface area contributed by atoms with Gasteiger partial charge in [-0.3, -0.25) is 4.79 Å². The highest BCUT2D eigenvalue weighted by Crippen LogP contribution is 2.23. The van der Waals surface area contributed by atoms with Gasteiger partial charge in [0.25, 0.3) is 0 Å². The number of carboxylic acids is 1. The summed E-state index contributed by atoms with van der Waals surface area (Å²) >= 11 is 6.84. The zero-order chi connectivity index (χ0) is 8.97. The van der Waals surface area contributed by atoms with Crippen LogP contribution in [-0.4, -0.2) is 21.8 Å². The summed E-state index contributed by atoms with van der Waals surface area (Å²) in [6.45, 7) is 0. The van der Waals surface area contributed by atoms with E-state index < -0.39 is 5.97 Å². The summed E-state index contributed by atoms with van der Waals surface area (Å²) in [5, 5.41) is 9.42. The van der Waals surface area contributed by atoms with E-state index in [9.17, 15) is 4.79 Å². The van der Waals surface area contributed by atoms with Gasteiger partial charge < -0.3 is 5.11 Å². The van der Waals surface area contributed by atoms with E-state index in [1.54, 1.807) is 18.3 Å². The molecular formula is C7H6ClNO2S. The number of nitrogens with zero attached hydrogens (tertiary/aromatic N) is 1. The first kappa shape index (κ1) is 9.35. The molecule has 0 unspecified atom stereocenters. The number of hydrogen-bond donors (Lipinski definition) is 1. The number of thioether (sulfide) groups is 1. The van der Waals surface area contributed by atoms with E-state index in [0.29, 0.717) is 10.0 Å². The number of carbonyl (C=O) groups is 1. The third-order valence-electron chi connectivity index (χ3n) is 1.06. The lowest BCUT2D eigenvalue weighted by Gasteiger charge is -1.98. The Kier molecular flexibility index (Phi) is 3.37. The summed E-state index contributed by atoms with van der Waals surface area (Å²) in [5.74, 6) is -0.891. The van der Waals surface area contributed by atoms with Gasteiger partial charge in [-0.05, 0) is 12.1 Å². The Hall–Kier alpha value is -0.740. The van der Waals surface area contributed by atoms with Gasteiger partial charge in [0.2, 0.25) is 0 Å². The molecular weight excluding hydrogens is 198 g/mol. The third-order valence-corrected chi connectivity index (χ3v) is 2.46. The van der Waals surface area contributed by atoms with E-state index in [2.05, 4.69) is 4.98 Å². The highest BCUT2D eigenvalue weighted by molar-refractivity contribution is 8.00. The highest BCUT2D eigenvalue weighted by atomic mass is 35.5. The lowest BCUT2D eigenvalue weighted by Crippen LogP contribution is -1.98. The van der Waals surface area contributed by atoms with E-state index in [-0.39, 0.29) is 5.75 Å². The Bertz CT molecular complexity index is 292. The van der Waals surface area contributed by atoms with Gasteiger partial charge >= 0.3 is 5.97 Å². The summed E-state index contributed by atoms with van der Waals surface area (Å²) in [7, 11) is 0. The van der Waals surface area contributed by atoms with Crippen molar-refractivity contribution in [3.8, 4) is 0 Å². The number of hydrogen-bond acceptors (Lipinski definition) is 3. The first-order chi connectivity index (χ1) is 5.70. The number of carboxylic acid groups (broad SMARTS) is 1. The largest absolute Gasteiger partial charge is 0.481 e. The first-order valence-electron chi connectivity index (χ1n) is 3.15. The molecule has 3 nitrogen and oxygen atoms in total. The second kappa shape index (κ2) is 4.33. The van der Waals surface area contributed by atoms with E-state index >= 15 is 0 Å². The van der Waals surface area contributed by atoms with Crippen LogP contribution in [0.25, 0.3) is 0 Å². The maximum Gasteiger partial charge on any atom is 0.313 e. The second-order valence-electron chi connectivity index (χ2n) is 1.97. The smallest absolute Gasteiger partial charge is 0.313 e. The van der Waals surface area contributed by atoms with Gasteiger partial charge in [-0.25, -0.2) is 4.98 Å². The fraction of sp³-hybridized carbons (Fsp3) is 0.143. The van der Waals surface area contributed by atoms with E-state index in [4.69, 9.17) is 16.7 Å². The summed E-state index contributed by atoms with van der Waals surface area (Å²) in [6.07, 6.45) is 1.58. The van der Waals surface area contributed by atoms with E-state index in [1.165, 1.54) is 0 Å². The maximum atomic E-state index is 10.2. The molecule has 0 aliphatic heterocycles. The minimum atomic E-state index is -0.873. The summed E-state index contributed by atoms with van der Waals surface area (Å²) in [4.78, 5) is 14.1. The molecule has 5 heteroatoms. The van der Waals surface area contributed by atoms with Gasteiger partial charge in [-0.1, -0.05) is 23.4 Å². The van der Waals surface area contributed by atoms with Crippen LogP contribution < -0.4 is 0 Å². The molecule has 64 valence electrons. The highest BCUT2D eigenvalue weighted by Gasteiger charge is 2.03. The van der Waals surface area contributed by atoms with Crippen molar-refractivity contribution < 1.29 is 9.90 Å². The van der Waals surface area contributed by atoms with Crippen LogP contribution in [0.1, 0.15) is 0 Å². The van der Waals surface area contributed by atoms with Crippen LogP contribution in [0.4, 0.5) is 0 Å². The standard InChI is InChI=1S/C7H6ClNO2S/c8-5-2-1-3-9-7(5)12-4-6(10)11/h1-3H,4H2,(H,10,11). The summed E-state index contributed by atoms with van der Waals surface area (Å²) in [5.41, 5.74) is 0. The van der Waals surface area contributed by atoms with Crippen molar-refractivity contribution >= 4 is 29.3 Å². The summed E-state index contributed by atoms with van der Waals surface area (Å²) in [6, 6.07) is 3.38. The van der Waals surface area contributed by atoms with E-state index in [1.807, 2.05) is 0 Å².